The summed E-state index contributed by atoms with van der Waals surface area (Å²) in [6, 6.07) is 7.51. The zero-order valence-electron chi connectivity index (χ0n) is 18.6. The number of H-pyrrole nitrogens is 1. The van der Waals surface area contributed by atoms with E-state index in [1.165, 1.54) is 19.3 Å². The highest BCUT2D eigenvalue weighted by atomic mass is 79.9. The number of benzene rings is 1. The van der Waals surface area contributed by atoms with Crippen LogP contribution >= 0.6 is 15.9 Å². The van der Waals surface area contributed by atoms with Crippen molar-refractivity contribution in [2.75, 3.05) is 7.05 Å². The Kier molecular flexibility index (Phi) is 11.0. The third-order valence-electron chi connectivity index (χ3n) is 5.22. The fraction of sp³-hybridized carbons (Fsp3) is 0.652. The van der Waals surface area contributed by atoms with Crippen molar-refractivity contribution in [3.63, 3.8) is 0 Å². The summed E-state index contributed by atoms with van der Waals surface area (Å²) in [5.41, 5.74) is 2.21. The molecule has 1 saturated carbocycles. The molecule has 2 aromatic rings. The van der Waals surface area contributed by atoms with Crippen molar-refractivity contribution in [2.45, 2.75) is 79.3 Å². The molecule has 3 atom stereocenters. The summed E-state index contributed by atoms with van der Waals surface area (Å²) in [5.74, 6) is 2.48. The third kappa shape index (κ3) is 6.15. The standard InChI is InChI=1S/C14H16BrN3.C5H10O.2C2H6/c1-18-10-4-2-8(6-10)13(18)14-16-11-5-3-9(15)7-12(11)17-14;1-5(2)3-4-6;2*1-2/h3,5,7-8,10,13H,2,4,6H2,1H3,(H,16,17);4-5H,3H2,1-2H3;2*1-2H3/t8?,10-,13?;;;/m0.../s1. The number of carbonyl (C=O) groups excluding carboxylic acids is 1. The first-order valence-electron chi connectivity index (χ1n) is 10.8. The van der Waals surface area contributed by atoms with E-state index in [0.29, 0.717) is 18.4 Å². The second-order valence-corrected chi connectivity index (χ2v) is 8.33. The van der Waals surface area contributed by atoms with Crippen LogP contribution in [0, 0.1) is 11.8 Å². The Bertz CT molecular complexity index is 711. The number of nitrogens with one attached hydrogen (secondary N) is 1. The Morgan fingerprint density at radius 1 is 1.25 bits per heavy atom. The quantitative estimate of drug-likeness (QED) is 0.523. The summed E-state index contributed by atoms with van der Waals surface area (Å²) < 4.78 is 1.10. The molecule has 1 aliphatic carbocycles. The molecule has 1 aromatic carbocycles. The van der Waals surface area contributed by atoms with Gasteiger partial charge in [-0.1, -0.05) is 57.5 Å². The van der Waals surface area contributed by atoms with Gasteiger partial charge >= 0.3 is 0 Å². The van der Waals surface area contributed by atoms with Crippen molar-refractivity contribution in [3.8, 4) is 0 Å². The average Bonchev–Trinajstić information content (AvgIpc) is 3.39. The molecule has 0 amide bonds. The SMILES string of the molecule is CC.CC.CC(C)CC=O.CN1C(c2nc3ccc(Br)cc3[nH]2)C2CC[C@H]1C2. The Balaban J connectivity index is 0.000000337. The fourth-order valence-electron chi connectivity index (χ4n) is 3.96. The Labute approximate surface area is 179 Å². The van der Waals surface area contributed by atoms with Crippen LogP contribution in [0.5, 0.6) is 0 Å². The molecule has 2 heterocycles. The summed E-state index contributed by atoms with van der Waals surface area (Å²) in [5, 5.41) is 0. The monoisotopic (exact) mass is 451 g/mol. The number of fused-ring (bicyclic) bond motifs is 3. The molecule has 1 aliphatic heterocycles. The molecule has 1 N–H and O–H groups in total. The van der Waals surface area contributed by atoms with E-state index in [0.717, 1.165) is 39.6 Å². The Hall–Kier alpha value is -1.20. The van der Waals surface area contributed by atoms with Crippen LogP contribution in [0.25, 0.3) is 11.0 Å². The number of piperidine rings is 1. The molecular weight excluding hydrogens is 414 g/mol. The number of aromatic nitrogens is 2. The number of aromatic amines is 1. The van der Waals surface area contributed by atoms with Crippen molar-refractivity contribution in [1.82, 2.24) is 14.9 Å². The predicted molar refractivity (Wildman–Crippen MR) is 124 cm³/mol. The van der Waals surface area contributed by atoms with Gasteiger partial charge in [0.25, 0.3) is 0 Å². The lowest BCUT2D eigenvalue weighted by atomic mass is 9.98. The van der Waals surface area contributed by atoms with Crippen LogP contribution in [0.2, 0.25) is 0 Å². The molecule has 2 bridgehead atoms. The zero-order chi connectivity index (χ0) is 21.3. The summed E-state index contributed by atoms with van der Waals surface area (Å²) in [6.45, 7) is 12.0. The minimum Gasteiger partial charge on any atom is -0.341 e. The number of aldehydes is 1. The Morgan fingerprint density at radius 2 is 1.93 bits per heavy atom. The van der Waals surface area contributed by atoms with Crippen LogP contribution in [-0.2, 0) is 4.79 Å². The van der Waals surface area contributed by atoms with Gasteiger partial charge in [0.1, 0.15) is 12.1 Å². The maximum atomic E-state index is 9.62. The highest BCUT2D eigenvalue weighted by Crippen LogP contribution is 2.48. The minimum absolute atomic E-state index is 0.495. The molecule has 28 heavy (non-hydrogen) atoms. The number of likely N-dealkylation sites (tertiary alicyclic amines) is 1. The number of halogens is 1. The van der Waals surface area contributed by atoms with Crippen LogP contribution in [0.3, 0.4) is 0 Å². The van der Waals surface area contributed by atoms with Gasteiger partial charge in [-0.2, -0.15) is 0 Å². The maximum absolute atomic E-state index is 9.62. The minimum atomic E-state index is 0.495. The number of imidazole rings is 1. The van der Waals surface area contributed by atoms with Crippen molar-refractivity contribution >= 4 is 33.2 Å². The second kappa shape index (κ2) is 12.4. The van der Waals surface area contributed by atoms with Crippen molar-refractivity contribution in [1.29, 1.82) is 0 Å². The molecule has 4 rings (SSSR count). The molecule has 2 unspecified atom stereocenters. The van der Waals surface area contributed by atoms with Gasteiger partial charge in [-0.05, 0) is 56.3 Å². The van der Waals surface area contributed by atoms with E-state index in [-0.39, 0.29) is 0 Å². The van der Waals surface area contributed by atoms with Gasteiger partial charge in [0, 0.05) is 16.9 Å². The van der Waals surface area contributed by atoms with Crippen molar-refractivity contribution in [3.05, 3.63) is 28.5 Å². The van der Waals surface area contributed by atoms with Gasteiger partial charge in [-0.3, -0.25) is 4.90 Å². The number of nitrogens with zero attached hydrogens (tertiary/aromatic N) is 2. The van der Waals surface area contributed by atoms with Crippen LogP contribution in [-0.4, -0.2) is 34.2 Å². The third-order valence-corrected chi connectivity index (χ3v) is 5.71. The summed E-state index contributed by atoms with van der Waals surface area (Å²) in [4.78, 5) is 20.4. The van der Waals surface area contributed by atoms with Gasteiger partial charge in [-0.25, -0.2) is 4.98 Å². The van der Waals surface area contributed by atoms with E-state index < -0.39 is 0 Å². The van der Waals surface area contributed by atoms with Crippen molar-refractivity contribution < 1.29 is 4.79 Å². The number of carbonyl (C=O) groups is 1. The van der Waals surface area contributed by atoms with E-state index in [9.17, 15) is 4.79 Å². The fourth-order valence-corrected chi connectivity index (χ4v) is 4.32. The smallest absolute Gasteiger partial charge is 0.124 e. The van der Waals surface area contributed by atoms with Crippen molar-refractivity contribution in [2.24, 2.45) is 11.8 Å². The molecular formula is C23H38BrN3O. The maximum Gasteiger partial charge on any atom is 0.124 e. The van der Waals surface area contributed by atoms with Gasteiger partial charge in [0.2, 0.25) is 0 Å². The van der Waals surface area contributed by atoms with Crippen LogP contribution < -0.4 is 0 Å². The highest BCUT2D eigenvalue weighted by Gasteiger charge is 2.45. The summed E-state index contributed by atoms with van der Waals surface area (Å²) in [6.07, 6.45) is 5.72. The topological polar surface area (TPSA) is 49.0 Å². The lowest BCUT2D eigenvalue weighted by molar-refractivity contribution is -0.108. The molecule has 158 valence electrons. The van der Waals surface area contributed by atoms with E-state index >= 15 is 0 Å². The largest absolute Gasteiger partial charge is 0.341 e. The highest BCUT2D eigenvalue weighted by molar-refractivity contribution is 9.10. The predicted octanol–water partition coefficient (Wildman–Crippen LogP) is 6.76. The van der Waals surface area contributed by atoms with E-state index in [1.54, 1.807) is 0 Å². The van der Waals surface area contributed by atoms with E-state index in [4.69, 9.17) is 4.98 Å². The summed E-state index contributed by atoms with van der Waals surface area (Å²) >= 11 is 3.51. The first-order valence-corrected chi connectivity index (χ1v) is 11.6. The lowest BCUT2D eigenvalue weighted by Crippen LogP contribution is -2.31. The van der Waals surface area contributed by atoms with E-state index in [2.05, 4.69) is 51.1 Å². The Morgan fingerprint density at radius 3 is 2.43 bits per heavy atom. The second-order valence-electron chi connectivity index (χ2n) is 7.42. The molecule has 5 heteroatoms. The molecule has 2 fully saturated rings. The first kappa shape index (κ1) is 24.8. The van der Waals surface area contributed by atoms with E-state index in [1.807, 2.05) is 41.5 Å². The van der Waals surface area contributed by atoms with Crippen LogP contribution in [0.4, 0.5) is 0 Å². The van der Waals surface area contributed by atoms with Gasteiger partial charge in [0.05, 0.1) is 17.1 Å². The van der Waals surface area contributed by atoms with Gasteiger partial charge in [0.15, 0.2) is 0 Å². The van der Waals surface area contributed by atoms with Gasteiger partial charge < -0.3 is 9.78 Å². The molecule has 4 nitrogen and oxygen atoms in total. The van der Waals surface area contributed by atoms with Crippen LogP contribution in [0.1, 0.15) is 79.1 Å². The number of rotatable bonds is 3. The molecule has 0 radical (unpaired) electrons. The first-order chi connectivity index (χ1) is 13.5. The zero-order valence-corrected chi connectivity index (χ0v) is 20.2. The molecule has 2 aliphatic rings. The molecule has 1 saturated heterocycles. The number of hydrogen-bond donors (Lipinski definition) is 1. The lowest BCUT2D eigenvalue weighted by Gasteiger charge is -2.30. The molecule has 1 aromatic heterocycles. The average molecular weight is 452 g/mol. The summed E-state index contributed by atoms with van der Waals surface area (Å²) in [7, 11) is 2.25. The number of hydrogen-bond acceptors (Lipinski definition) is 3. The van der Waals surface area contributed by atoms with Gasteiger partial charge in [-0.15, -0.1) is 0 Å². The molecule has 0 spiro atoms. The van der Waals surface area contributed by atoms with Crippen LogP contribution in [0.15, 0.2) is 22.7 Å². The normalized spacial score (nSPS) is 22.7.